The predicted molar refractivity (Wildman–Crippen MR) is 142 cm³/mol. The molecule has 1 saturated heterocycles. The Kier molecular flexibility index (Phi) is 7.62. The molecule has 0 spiro atoms. The van der Waals surface area contributed by atoms with Crippen LogP contribution in [-0.2, 0) is 16.2 Å². The summed E-state index contributed by atoms with van der Waals surface area (Å²) in [5.41, 5.74) is 1.45. The number of amides is 4. The topological polar surface area (TPSA) is 113 Å². The van der Waals surface area contributed by atoms with Gasteiger partial charge in [0.25, 0.3) is 11.8 Å². The molecule has 0 atom stereocenters. The summed E-state index contributed by atoms with van der Waals surface area (Å²) in [7, 11) is 0. The first-order valence-corrected chi connectivity index (χ1v) is 12.1. The number of carboxylic acid groups (broad SMARTS) is 1. The second-order valence-electron chi connectivity index (χ2n) is 7.54. The maximum absolute atomic E-state index is 13.1. The number of nitrogens with one attached hydrogen (secondary N) is 1. The number of aromatic carboxylic acids is 1. The zero-order chi connectivity index (χ0) is 26.0. The summed E-state index contributed by atoms with van der Waals surface area (Å²) in [6.45, 7) is 0.220. The summed E-state index contributed by atoms with van der Waals surface area (Å²) >= 11 is 14.0. The number of anilines is 1. The van der Waals surface area contributed by atoms with E-state index in [-0.39, 0.29) is 33.5 Å². The van der Waals surface area contributed by atoms with Crippen LogP contribution in [0, 0.1) is 3.57 Å². The molecule has 1 fully saturated rings. The van der Waals surface area contributed by atoms with Crippen molar-refractivity contribution in [3.8, 4) is 5.75 Å². The Morgan fingerprint density at radius 1 is 1.00 bits per heavy atom. The number of imide groups is 2. The lowest BCUT2D eigenvalue weighted by atomic mass is 10.1. The van der Waals surface area contributed by atoms with Crippen LogP contribution in [-0.4, -0.2) is 28.9 Å². The molecule has 3 aromatic rings. The molecule has 4 rings (SSSR count). The van der Waals surface area contributed by atoms with Gasteiger partial charge in [-0.25, -0.2) is 14.5 Å². The van der Waals surface area contributed by atoms with Crippen LogP contribution in [0.2, 0.25) is 10.0 Å². The van der Waals surface area contributed by atoms with Gasteiger partial charge in [-0.3, -0.25) is 14.9 Å². The van der Waals surface area contributed by atoms with E-state index in [0.29, 0.717) is 14.9 Å². The number of benzene rings is 3. The van der Waals surface area contributed by atoms with E-state index >= 15 is 0 Å². The van der Waals surface area contributed by atoms with E-state index in [4.69, 9.17) is 33.0 Å². The number of rotatable bonds is 6. The van der Waals surface area contributed by atoms with Crippen LogP contribution in [0.4, 0.5) is 10.5 Å². The maximum Gasteiger partial charge on any atom is 0.335 e. The molecule has 8 nitrogen and oxygen atoms in total. The van der Waals surface area contributed by atoms with E-state index in [1.165, 1.54) is 36.4 Å². The van der Waals surface area contributed by atoms with Crippen molar-refractivity contribution in [1.29, 1.82) is 0 Å². The van der Waals surface area contributed by atoms with Crippen molar-refractivity contribution in [2.45, 2.75) is 6.61 Å². The first-order chi connectivity index (χ1) is 17.1. The lowest BCUT2D eigenvalue weighted by Gasteiger charge is -2.26. The summed E-state index contributed by atoms with van der Waals surface area (Å²) < 4.78 is 6.54. The third-order valence-corrected chi connectivity index (χ3v) is 6.71. The molecule has 3 aromatic carbocycles. The third kappa shape index (κ3) is 5.53. The van der Waals surface area contributed by atoms with Gasteiger partial charge in [-0.1, -0.05) is 41.4 Å². The molecule has 0 aromatic heterocycles. The van der Waals surface area contributed by atoms with Gasteiger partial charge in [0.05, 0.1) is 24.9 Å². The fourth-order valence-electron chi connectivity index (χ4n) is 3.31. The smallest absolute Gasteiger partial charge is 0.335 e. The normalized spacial score (nSPS) is 14.7. The molecule has 1 heterocycles. The average Bonchev–Trinajstić information content (AvgIpc) is 2.83. The van der Waals surface area contributed by atoms with Gasteiger partial charge < -0.3 is 9.84 Å². The van der Waals surface area contributed by atoms with E-state index in [9.17, 15) is 19.2 Å². The average molecular weight is 637 g/mol. The highest BCUT2D eigenvalue weighted by Crippen LogP contribution is 2.30. The van der Waals surface area contributed by atoms with Crippen LogP contribution < -0.4 is 15.0 Å². The fourth-order valence-corrected chi connectivity index (χ4v) is 4.30. The third-order valence-electron chi connectivity index (χ3n) is 5.13. The Morgan fingerprint density at radius 3 is 2.36 bits per heavy atom. The highest BCUT2D eigenvalue weighted by molar-refractivity contribution is 14.1. The SMILES string of the molecule is O=C1NC(=O)N(c2ccc(Cl)c(Cl)c2)C(=O)/C1=C/c1ccc(OCc2ccc(C(=O)O)cc2)c(I)c1. The molecule has 2 N–H and O–H groups in total. The Morgan fingerprint density at radius 2 is 1.72 bits per heavy atom. The van der Waals surface area contributed by atoms with Gasteiger partial charge in [0.2, 0.25) is 0 Å². The summed E-state index contributed by atoms with van der Waals surface area (Å²) in [5, 5.41) is 11.6. The van der Waals surface area contributed by atoms with Crippen LogP contribution >= 0.6 is 45.8 Å². The number of nitrogens with zero attached hydrogens (tertiary/aromatic N) is 1. The van der Waals surface area contributed by atoms with Crippen molar-refractivity contribution in [3.05, 3.63) is 96.5 Å². The summed E-state index contributed by atoms with van der Waals surface area (Å²) in [6, 6.07) is 14.8. The first kappa shape index (κ1) is 25.7. The molecule has 36 heavy (non-hydrogen) atoms. The zero-order valence-electron chi connectivity index (χ0n) is 18.1. The molecule has 11 heteroatoms. The molecule has 182 valence electrons. The van der Waals surface area contributed by atoms with Crippen molar-refractivity contribution < 1.29 is 29.0 Å². The van der Waals surface area contributed by atoms with Gasteiger partial charge in [0, 0.05) is 0 Å². The molecule has 0 saturated carbocycles. The number of urea groups is 1. The Balaban J connectivity index is 1.53. The fraction of sp³-hybridized carbons (Fsp3) is 0.0400. The molecular weight excluding hydrogens is 622 g/mol. The number of ether oxygens (including phenoxy) is 1. The Labute approximate surface area is 228 Å². The zero-order valence-corrected chi connectivity index (χ0v) is 21.8. The highest BCUT2D eigenvalue weighted by atomic mass is 127. The maximum atomic E-state index is 13.1. The van der Waals surface area contributed by atoms with Crippen LogP contribution in [0.3, 0.4) is 0 Å². The van der Waals surface area contributed by atoms with Crippen molar-refractivity contribution in [2.24, 2.45) is 0 Å². The minimum absolute atomic E-state index is 0.153. The van der Waals surface area contributed by atoms with E-state index < -0.39 is 23.8 Å². The van der Waals surface area contributed by atoms with Crippen molar-refractivity contribution in [3.63, 3.8) is 0 Å². The number of halogens is 3. The van der Waals surface area contributed by atoms with Crippen molar-refractivity contribution in [1.82, 2.24) is 5.32 Å². The minimum atomic E-state index is -1.00. The minimum Gasteiger partial charge on any atom is -0.488 e. The van der Waals surface area contributed by atoms with Crippen LogP contribution in [0.5, 0.6) is 5.75 Å². The second-order valence-corrected chi connectivity index (χ2v) is 9.51. The summed E-state index contributed by atoms with van der Waals surface area (Å²) in [6.07, 6.45) is 1.38. The molecule has 0 aliphatic carbocycles. The largest absolute Gasteiger partial charge is 0.488 e. The van der Waals surface area contributed by atoms with Gasteiger partial charge in [-0.15, -0.1) is 0 Å². The molecule has 0 radical (unpaired) electrons. The molecule has 1 aliphatic heterocycles. The monoisotopic (exact) mass is 636 g/mol. The van der Waals surface area contributed by atoms with E-state index in [1.807, 2.05) is 0 Å². The number of barbiturate groups is 1. The number of hydrogen-bond acceptors (Lipinski definition) is 5. The van der Waals surface area contributed by atoms with Gasteiger partial charge in [0.1, 0.15) is 17.9 Å². The number of carboxylic acids is 1. The number of carbonyl (C=O) groups excluding carboxylic acids is 3. The van der Waals surface area contributed by atoms with Crippen LogP contribution in [0.15, 0.2) is 66.2 Å². The highest BCUT2D eigenvalue weighted by Gasteiger charge is 2.37. The van der Waals surface area contributed by atoms with Gasteiger partial charge in [-0.2, -0.15) is 0 Å². The molecule has 0 unspecified atom stereocenters. The van der Waals surface area contributed by atoms with Crippen LogP contribution in [0.25, 0.3) is 6.08 Å². The quantitative estimate of drug-likeness (QED) is 0.209. The predicted octanol–water partition coefficient (Wildman–Crippen LogP) is 5.54. The van der Waals surface area contributed by atoms with E-state index in [0.717, 1.165) is 10.5 Å². The lowest BCUT2D eigenvalue weighted by Crippen LogP contribution is -2.54. The molecule has 4 amide bonds. The molecule has 0 bridgehead atoms. The summed E-state index contributed by atoms with van der Waals surface area (Å²) in [4.78, 5) is 49.7. The van der Waals surface area contributed by atoms with Gasteiger partial charge >= 0.3 is 12.0 Å². The van der Waals surface area contributed by atoms with E-state index in [2.05, 4.69) is 27.9 Å². The number of hydrogen-bond donors (Lipinski definition) is 2. The Hall–Kier alpha value is -3.41. The van der Waals surface area contributed by atoms with Gasteiger partial charge in [0.15, 0.2) is 0 Å². The summed E-state index contributed by atoms with van der Waals surface area (Å²) in [5.74, 6) is -2.06. The molecular formula is C25H15Cl2IN2O6. The molecule has 1 aliphatic rings. The Bertz CT molecular complexity index is 1440. The lowest BCUT2D eigenvalue weighted by molar-refractivity contribution is -0.122. The standard InChI is InChI=1S/C25H15Cl2IN2O6/c26-18-7-6-16(11-19(18)27)30-23(32)17(22(31)29-25(30)35)9-14-3-8-21(20(28)10-14)36-12-13-1-4-15(5-2-13)24(33)34/h1-11H,12H2,(H,33,34)(H,29,31,35)/b17-9+. The van der Waals surface area contributed by atoms with Crippen molar-refractivity contribution >= 4 is 81.4 Å². The van der Waals surface area contributed by atoms with Crippen LogP contribution in [0.1, 0.15) is 21.5 Å². The second kappa shape index (κ2) is 10.7. The van der Waals surface area contributed by atoms with Gasteiger partial charge in [-0.05, 0) is 82.3 Å². The van der Waals surface area contributed by atoms with Crippen molar-refractivity contribution in [2.75, 3.05) is 4.90 Å². The first-order valence-electron chi connectivity index (χ1n) is 10.2. The van der Waals surface area contributed by atoms with E-state index in [1.54, 1.807) is 30.3 Å². The number of carbonyl (C=O) groups is 4.